The molecular formula is C43H49F2N7O4. The highest BCUT2D eigenvalue weighted by Gasteiger charge is 2.45. The van der Waals surface area contributed by atoms with E-state index in [0.717, 1.165) is 58.0 Å². The van der Waals surface area contributed by atoms with Crippen LogP contribution in [-0.4, -0.2) is 75.7 Å². The minimum absolute atomic E-state index is 0.00952. The first-order valence-electron chi connectivity index (χ1n) is 20.1. The van der Waals surface area contributed by atoms with Gasteiger partial charge in [0.1, 0.15) is 29.5 Å². The molecule has 13 heteroatoms. The van der Waals surface area contributed by atoms with E-state index in [4.69, 9.17) is 40.7 Å². The Labute approximate surface area is 325 Å². The number of nitrogens with zero attached hydrogens (tertiary/aromatic N) is 6. The third-order valence-electron chi connectivity index (χ3n) is 11.9. The molecule has 4 aliphatic rings. The number of fused-ring (bicyclic) bond motifs is 4. The van der Waals surface area contributed by atoms with Crippen molar-refractivity contribution in [2.75, 3.05) is 50.0 Å². The summed E-state index contributed by atoms with van der Waals surface area (Å²) < 4.78 is 49.9. The number of benzene rings is 2. The summed E-state index contributed by atoms with van der Waals surface area (Å²) in [6, 6.07) is 6.34. The van der Waals surface area contributed by atoms with Crippen molar-refractivity contribution in [2.45, 2.75) is 96.7 Å². The molecule has 7 heterocycles. The number of nitrogens with two attached hydrogens (primary N) is 1. The van der Waals surface area contributed by atoms with Gasteiger partial charge >= 0.3 is 11.8 Å². The molecule has 0 aliphatic carbocycles. The number of ether oxygens (including phenoxy) is 1. The van der Waals surface area contributed by atoms with E-state index < -0.39 is 17.5 Å². The maximum Gasteiger partial charge on any atom is 0.519 e. The molecule has 294 valence electrons. The zero-order valence-corrected chi connectivity index (χ0v) is 32.4. The quantitative estimate of drug-likeness (QED) is 0.127. The predicted molar refractivity (Wildman–Crippen MR) is 213 cm³/mol. The molecule has 2 aromatic carbocycles. The number of hydrogen-bond acceptors (Lipinski definition) is 11. The summed E-state index contributed by atoms with van der Waals surface area (Å²) >= 11 is 0. The molecule has 2 N–H and O–H groups in total. The van der Waals surface area contributed by atoms with Crippen LogP contribution in [0.1, 0.15) is 88.5 Å². The number of piperazine rings is 1. The average Bonchev–Trinajstić information content (AvgIpc) is 3.88. The Morgan fingerprint density at radius 3 is 2.57 bits per heavy atom. The normalized spacial score (nSPS) is 19.2. The Hall–Kier alpha value is -5.06. The van der Waals surface area contributed by atoms with Gasteiger partial charge in [0, 0.05) is 48.7 Å². The number of aryl methyl sites for hydroxylation is 2. The third kappa shape index (κ3) is 6.66. The van der Waals surface area contributed by atoms with E-state index in [2.05, 4.69) is 20.6 Å². The standard InChI is InChI=1S/C41H43F2N7O4.C2H6/c1-3-8-31-32(54-40(51)53-31)22-48-17-18-50-26(21-48)9-5-10-30-34-37(46-39(47-38(34)50)52-23-41-13-6-15-49(41)16-7-14-41)35(43)36(45-30)28-20-25(44)19-24-11-12-29(42)27(4-2)33(24)28;1-2/h2,11-12,19-20,26H,3,5-10,13-18,21-23,44H2,1H3;1-2H3. The van der Waals surface area contributed by atoms with Crippen molar-refractivity contribution in [1.29, 1.82) is 0 Å². The Morgan fingerprint density at radius 2 is 1.80 bits per heavy atom. The van der Waals surface area contributed by atoms with E-state index in [9.17, 15) is 4.79 Å². The van der Waals surface area contributed by atoms with Gasteiger partial charge in [-0.05, 0) is 88.0 Å². The molecule has 3 saturated heterocycles. The SMILES string of the molecule is C#Cc1c(F)ccc2cc(N)cc(-c3nc4c5c(nc(OCC67CCCN6CCC7)nc5c3F)N3CCN(Cc5oc(=O)oc5CCC)CC3CCC4)c12.CC. The van der Waals surface area contributed by atoms with Crippen LogP contribution in [0.15, 0.2) is 37.9 Å². The lowest BCUT2D eigenvalue weighted by atomic mass is 9.94. The first-order valence-corrected chi connectivity index (χ1v) is 20.1. The molecule has 3 aromatic heterocycles. The molecule has 56 heavy (non-hydrogen) atoms. The van der Waals surface area contributed by atoms with E-state index in [0.29, 0.717) is 96.1 Å². The average molecular weight is 766 g/mol. The van der Waals surface area contributed by atoms with Gasteiger partial charge in [0.05, 0.1) is 28.7 Å². The molecular weight excluding hydrogens is 717 g/mol. The van der Waals surface area contributed by atoms with Gasteiger partial charge in [-0.25, -0.2) is 18.6 Å². The molecule has 4 aliphatic heterocycles. The van der Waals surface area contributed by atoms with Crippen molar-refractivity contribution in [1.82, 2.24) is 24.8 Å². The number of terminal acetylenes is 1. The third-order valence-corrected chi connectivity index (χ3v) is 11.9. The Morgan fingerprint density at radius 1 is 1.02 bits per heavy atom. The van der Waals surface area contributed by atoms with E-state index in [1.54, 1.807) is 18.2 Å². The largest absolute Gasteiger partial charge is 0.519 e. The van der Waals surface area contributed by atoms with Gasteiger partial charge < -0.3 is 24.2 Å². The number of hydrogen-bond donors (Lipinski definition) is 1. The van der Waals surface area contributed by atoms with Crippen molar-refractivity contribution >= 4 is 33.2 Å². The number of aromatic nitrogens is 3. The fraction of sp³-hybridized carbons (Fsp3) is 0.488. The van der Waals surface area contributed by atoms with Gasteiger partial charge in [0.15, 0.2) is 17.3 Å². The van der Waals surface area contributed by atoms with Crippen molar-refractivity contribution in [3.8, 4) is 29.6 Å². The zero-order chi connectivity index (χ0) is 39.1. The van der Waals surface area contributed by atoms with Crippen LogP contribution < -0.4 is 21.2 Å². The second kappa shape index (κ2) is 15.5. The van der Waals surface area contributed by atoms with Crippen LogP contribution in [0.2, 0.25) is 0 Å². The number of anilines is 2. The molecule has 0 radical (unpaired) electrons. The predicted octanol–water partition coefficient (Wildman–Crippen LogP) is 7.25. The molecule has 0 amide bonds. The maximum atomic E-state index is 17.4. The second-order valence-corrected chi connectivity index (χ2v) is 15.2. The minimum Gasteiger partial charge on any atom is -0.461 e. The van der Waals surface area contributed by atoms with Crippen molar-refractivity contribution in [2.24, 2.45) is 0 Å². The van der Waals surface area contributed by atoms with Gasteiger partial charge in [-0.15, -0.1) is 6.42 Å². The van der Waals surface area contributed by atoms with Crippen LogP contribution in [0, 0.1) is 24.0 Å². The first kappa shape index (κ1) is 37.8. The van der Waals surface area contributed by atoms with Crippen LogP contribution in [0.3, 0.4) is 0 Å². The van der Waals surface area contributed by atoms with Crippen LogP contribution in [0.5, 0.6) is 6.01 Å². The van der Waals surface area contributed by atoms with E-state index >= 15 is 8.78 Å². The maximum absolute atomic E-state index is 17.4. The summed E-state index contributed by atoms with van der Waals surface area (Å²) in [6.45, 7) is 10.9. The second-order valence-electron chi connectivity index (χ2n) is 15.2. The van der Waals surface area contributed by atoms with Crippen LogP contribution >= 0.6 is 0 Å². The highest BCUT2D eigenvalue weighted by Crippen LogP contribution is 2.43. The monoisotopic (exact) mass is 765 g/mol. The van der Waals surface area contributed by atoms with E-state index in [1.165, 1.54) is 6.07 Å². The number of nitrogen functional groups attached to an aromatic ring is 1. The highest BCUT2D eigenvalue weighted by molar-refractivity contribution is 6.04. The van der Waals surface area contributed by atoms with Gasteiger partial charge in [-0.1, -0.05) is 32.8 Å². The molecule has 1 unspecified atom stereocenters. The molecule has 9 rings (SSSR count). The molecule has 5 aromatic rings. The number of rotatable bonds is 8. The van der Waals surface area contributed by atoms with Crippen LogP contribution in [-0.2, 0) is 19.4 Å². The van der Waals surface area contributed by atoms with Crippen LogP contribution in [0.25, 0.3) is 32.9 Å². The molecule has 0 spiro atoms. The lowest BCUT2D eigenvalue weighted by molar-refractivity contribution is 0.107. The van der Waals surface area contributed by atoms with Crippen molar-refractivity contribution < 1.29 is 22.4 Å². The molecule has 3 fully saturated rings. The summed E-state index contributed by atoms with van der Waals surface area (Å²) in [7, 11) is 0. The van der Waals surface area contributed by atoms with Gasteiger partial charge in [0.2, 0.25) is 0 Å². The number of pyridine rings is 1. The topological polar surface area (TPSA) is 127 Å². The minimum atomic E-state index is -0.677. The lowest BCUT2D eigenvalue weighted by Crippen LogP contribution is -2.53. The smallest absolute Gasteiger partial charge is 0.461 e. The summed E-state index contributed by atoms with van der Waals surface area (Å²) in [5.41, 5.74) is 7.74. The van der Waals surface area contributed by atoms with Gasteiger partial charge in [-0.2, -0.15) is 9.97 Å². The first-order chi connectivity index (χ1) is 27.2. The summed E-state index contributed by atoms with van der Waals surface area (Å²) in [5.74, 6) is 2.30. The number of halogens is 2. The summed E-state index contributed by atoms with van der Waals surface area (Å²) in [6.07, 6.45) is 13.7. The Bertz CT molecular complexity index is 2380. The van der Waals surface area contributed by atoms with Crippen molar-refractivity contribution in [3.63, 3.8) is 0 Å². The zero-order valence-electron chi connectivity index (χ0n) is 32.4. The fourth-order valence-electron chi connectivity index (χ4n) is 9.46. The molecule has 0 bridgehead atoms. The van der Waals surface area contributed by atoms with Crippen LogP contribution in [0.4, 0.5) is 20.3 Å². The van der Waals surface area contributed by atoms with Crippen molar-refractivity contribution in [3.05, 3.63) is 69.3 Å². The molecule has 0 saturated carbocycles. The van der Waals surface area contributed by atoms with E-state index in [1.807, 2.05) is 20.8 Å². The molecule has 1 atom stereocenters. The Balaban J connectivity index is 0.00000217. The lowest BCUT2D eigenvalue weighted by Gasteiger charge is -2.43. The fourth-order valence-corrected chi connectivity index (χ4v) is 9.46. The highest BCUT2D eigenvalue weighted by atomic mass is 19.1. The van der Waals surface area contributed by atoms with Gasteiger partial charge in [0.25, 0.3) is 0 Å². The summed E-state index contributed by atoms with van der Waals surface area (Å²) in [5, 5.41) is 1.51. The van der Waals surface area contributed by atoms with Gasteiger partial charge in [-0.3, -0.25) is 9.80 Å². The summed E-state index contributed by atoms with van der Waals surface area (Å²) in [4.78, 5) is 33.9. The Kier molecular flexibility index (Phi) is 10.5. The van der Waals surface area contributed by atoms with E-state index in [-0.39, 0.29) is 34.4 Å². The molecule has 11 nitrogen and oxygen atoms in total.